The third kappa shape index (κ3) is 3.53. The Morgan fingerprint density at radius 3 is 2.50 bits per heavy atom. The molecule has 0 spiro atoms. The highest BCUT2D eigenvalue weighted by Gasteiger charge is 2.16. The maximum absolute atomic E-state index is 12.2. The van der Waals surface area contributed by atoms with Crippen molar-refractivity contribution in [2.24, 2.45) is 5.73 Å². The molecule has 0 aliphatic rings. The fourth-order valence-electron chi connectivity index (χ4n) is 1.61. The zero-order chi connectivity index (χ0) is 14.6. The molecule has 0 amide bonds. The third-order valence-corrected chi connectivity index (χ3v) is 5.12. The molecule has 20 heavy (non-hydrogen) atoms. The van der Waals surface area contributed by atoms with E-state index in [9.17, 15) is 8.42 Å². The minimum Gasteiger partial charge on any atom is -0.330 e. The molecule has 0 radical (unpaired) electrons. The topological polar surface area (TPSA) is 98.0 Å². The summed E-state index contributed by atoms with van der Waals surface area (Å²) in [5, 5.41) is 8.76. The van der Waals surface area contributed by atoms with Crippen LogP contribution in [0.15, 0.2) is 29.2 Å². The molecule has 0 bridgehead atoms. The first kappa shape index (κ1) is 14.9. The second-order valence-corrected chi connectivity index (χ2v) is 6.89. The average molecular weight is 312 g/mol. The van der Waals surface area contributed by atoms with Gasteiger partial charge in [-0.1, -0.05) is 30.4 Å². The number of sulfonamides is 1. The number of aryl methyl sites for hydroxylation is 1. The summed E-state index contributed by atoms with van der Waals surface area (Å²) in [4.78, 5) is 0.200. The maximum atomic E-state index is 12.2. The van der Waals surface area contributed by atoms with Crippen LogP contribution in [0.25, 0.3) is 0 Å². The van der Waals surface area contributed by atoms with E-state index in [4.69, 9.17) is 5.73 Å². The Kier molecular flexibility index (Phi) is 4.69. The highest BCUT2D eigenvalue weighted by molar-refractivity contribution is 7.93. The molecule has 1 heterocycles. The minimum absolute atomic E-state index is 0.200. The number of hydrogen-bond donors (Lipinski definition) is 2. The summed E-state index contributed by atoms with van der Waals surface area (Å²) >= 11 is 1.24. The van der Waals surface area contributed by atoms with E-state index in [-0.39, 0.29) is 10.0 Å². The molecule has 1 aromatic carbocycles. The maximum Gasteiger partial charge on any atom is 0.263 e. The van der Waals surface area contributed by atoms with Crippen molar-refractivity contribution in [1.29, 1.82) is 0 Å². The molecule has 0 unspecified atom stereocenters. The number of nitrogens with zero attached hydrogens (tertiary/aromatic N) is 2. The van der Waals surface area contributed by atoms with Crippen LogP contribution in [0, 0.1) is 0 Å². The van der Waals surface area contributed by atoms with Crippen molar-refractivity contribution in [2.75, 3.05) is 11.3 Å². The first-order chi connectivity index (χ1) is 9.55. The van der Waals surface area contributed by atoms with Crippen LogP contribution >= 0.6 is 11.3 Å². The van der Waals surface area contributed by atoms with Crippen molar-refractivity contribution in [3.63, 3.8) is 0 Å². The van der Waals surface area contributed by atoms with E-state index in [1.54, 1.807) is 24.3 Å². The molecule has 108 valence electrons. The number of rotatable bonds is 6. The minimum atomic E-state index is -3.61. The first-order valence-corrected chi connectivity index (χ1v) is 8.49. The van der Waals surface area contributed by atoms with Gasteiger partial charge in [-0.15, -0.1) is 10.2 Å². The molecule has 0 saturated heterocycles. The van der Waals surface area contributed by atoms with Crippen LogP contribution in [0.1, 0.15) is 17.5 Å². The number of anilines is 1. The third-order valence-electron chi connectivity index (χ3n) is 2.66. The summed E-state index contributed by atoms with van der Waals surface area (Å²) in [6, 6.07) is 6.65. The van der Waals surface area contributed by atoms with Crippen molar-refractivity contribution < 1.29 is 8.42 Å². The van der Waals surface area contributed by atoms with Gasteiger partial charge in [-0.05, 0) is 37.1 Å². The van der Waals surface area contributed by atoms with Crippen molar-refractivity contribution in [3.8, 4) is 0 Å². The largest absolute Gasteiger partial charge is 0.330 e. The molecule has 0 fully saturated rings. The van der Waals surface area contributed by atoms with E-state index in [0.717, 1.165) is 23.4 Å². The lowest BCUT2D eigenvalue weighted by atomic mass is 10.2. The predicted octanol–water partition coefficient (Wildman–Crippen LogP) is 1.40. The van der Waals surface area contributed by atoms with Gasteiger partial charge in [0.2, 0.25) is 5.13 Å². The number of nitrogens with one attached hydrogen (secondary N) is 1. The van der Waals surface area contributed by atoms with E-state index >= 15 is 0 Å². The number of aromatic nitrogens is 2. The Morgan fingerprint density at radius 1 is 1.25 bits per heavy atom. The smallest absolute Gasteiger partial charge is 0.263 e. The van der Waals surface area contributed by atoms with Crippen molar-refractivity contribution >= 4 is 26.5 Å². The van der Waals surface area contributed by atoms with Crippen LogP contribution in [0.5, 0.6) is 0 Å². The van der Waals surface area contributed by atoms with E-state index in [2.05, 4.69) is 14.9 Å². The molecular formula is C12H16N4O2S2. The Labute approximate surface area is 122 Å². The van der Waals surface area contributed by atoms with Gasteiger partial charge in [0, 0.05) is 0 Å². The Balaban J connectivity index is 2.17. The van der Waals surface area contributed by atoms with Gasteiger partial charge in [-0.25, -0.2) is 8.42 Å². The van der Waals surface area contributed by atoms with Crippen molar-refractivity contribution in [1.82, 2.24) is 10.2 Å². The van der Waals surface area contributed by atoms with E-state index in [1.165, 1.54) is 11.3 Å². The number of nitrogens with two attached hydrogens (primary N) is 1. The lowest BCUT2D eigenvalue weighted by Gasteiger charge is -2.05. The summed E-state index contributed by atoms with van der Waals surface area (Å²) in [5.74, 6) is 0. The highest BCUT2D eigenvalue weighted by atomic mass is 32.2. The fourth-order valence-corrected chi connectivity index (χ4v) is 3.52. The Hall–Kier alpha value is -1.51. The second kappa shape index (κ2) is 6.29. The summed E-state index contributed by atoms with van der Waals surface area (Å²) in [7, 11) is -3.61. The molecule has 0 aliphatic heterocycles. The van der Waals surface area contributed by atoms with Gasteiger partial charge in [-0.3, -0.25) is 4.72 Å². The van der Waals surface area contributed by atoms with E-state index in [0.29, 0.717) is 6.54 Å². The number of hydrogen-bond acceptors (Lipinski definition) is 6. The van der Waals surface area contributed by atoms with Gasteiger partial charge in [-0.2, -0.15) is 0 Å². The molecule has 0 atom stereocenters. The summed E-state index contributed by atoms with van der Waals surface area (Å²) < 4.78 is 26.8. The van der Waals surface area contributed by atoms with Crippen LogP contribution in [0.4, 0.5) is 5.13 Å². The predicted molar refractivity (Wildman–Crippen MR) is 79.3 cm³/mol. The first-order valence-electron chi connectivity index (χ1n) is 6.19. The molecule has 0 aliphatic carbocycles. The SMILES string of the molecule is CCc1nnc(NS(=O)(=O)c2ccc(CCN)cc2)s1. The molecule has 3 N–H and O–H groups in total. The van der Waals surface area contributed by atoms with Gasteiger partial charge < -0.3 is 5.73 Å². The highest BCUT2D eigenvalue weighted by Crippen LogP contribution is 2.20. The fraction of sp³-hybridized carbons (Fsp3) is 0.333. The number of benzene rings is 1. The molecule has 2 aromatic rings. The molecule has 2 rings (SSSR count). The zero-order valence-corrected chi connectivity index (χ0v) is 12.7. The quantitative estimate of drug-likeness (QED) is 0.840. The second-order valence-electron chi connectivity index (χ2n) is 4.14. The monoisotopic (exact) mass is 312 g/mol. The normalized spacial score (nSPS) is 11.5. The van der Waals surface area contributed by atoms with Gasteiger partial charge >= 0.3 is 0 Å². The Morgan fingerprint density at radius 2 is 1.95 bits per heavy atom. The summed E-state index contributed by atoms with van der Waals surface area (Å²) in [5.41, 5.74) is 6.47. The lowest BCUT2D eigenvalue weighted by molar-refractivity contribution is 0.601. The van der Waals surface area contributed by atoms with Gasteiger partial charge in [0.15, 0.2) is 0 Å². The Bertz CT molecular complexity index is 665. The molecule has 0 saturated carbocycles. The van der Waals surface area contributed by atoms with Crippen LogP contribution in [0.2, 0.25) is 0 Å². The van der Waals surface area contributed by atoms with Gasteiger partial charge in [0.25, 0.3) is 10.0 Å². The average Bonchev–Trinajstić information content (AvgIpc) is 2.87. The molecule has 1 aromatic heterocycles. The van der Waals surface area contributed by atoms with Gasteiger partial charge in [0.05, 0.1) is 4.90 Å². The van der Waals surface area contributed by atoms with Crippen LogP contribution < -0.4 is 10.5 Å². The molecular weight excluding hydrogens is 296 g/mol. The van der Waals surface area contributed by atoms with Crippen LogP contribution in [0.3, 0.4) is 0 Å². The van der Waals surface area contributed by atoms with Crippen LogP contribution in [-0.2, 0) is 22.9 Å². The zero-order valence-electron chi connectivity index (χ0n) is 11.0. The van der Waals surface area contributed by atoms with Crippen molar-refractivity contribution in [2.45, 2.75) is 24.7 Å². The summed E-state index contributed by atoms with van der Waals surface area (Å²) in [6.07, 6.45) is 1.46. The van der Waals surface area contributed by atoms with E-state index < -0.39 is 10.0 Å². The standard InChI is InChI=1S/C12H16N4O2S2/c1-2-11-14-15-12(19-11)16-20(17,18)10-5-3-9(4-6-10)7-8-13/h3-6H,2,7-8,13H2,1H3,(H,15,16). The lowest BCUT2D eigenvalue weighted by Crippen LogP contribution is -2.13. The van der Waals surface area contributed by atoms with E-state index in [1.807, 2.05) is 6.92 Å². The van der Waals surface area contributed by atoms with Crippen LogP contribution in [-0.4, -0.2) is 25.2 Å². The van der Waals surface area contributed by atoms with Crippen molar-refractivity contribution in [3.05, 3.63) is 34.8 Å². The summed E-state index contributed by atoms with van der Waals surface area (Å²) in [6.45, 7) is 2.48. The molecule has 6 nitrogen and oxygen atoms in total. The van der Waals surface area contributed by atoms with Gasteiger partial charge in [0.1, 0.15) is 5.01 Å². The molecule has 8 heteroatoms.